The van der Waals surface area contributed by atoms with Crippen molar-refractivity contribution in [3.63, 3.8) is 0 Å². The number of fused-ring (bicyclic) bond motifs is 1. The van der Waals surface area contributed by atoms with Gasteiger partial charge in [0.25, 0.3) is 0 Å². The van der Waals surface area contributed by atoms with Crippen molar-refractivity contribution in [2.24, 2.45) is 5.41 Å². The molecule has 0 spiro atoms. The molecule has 1 aliphatic heterocycles. The van der Waals surface area contributed by atoms with E-state index in [1.54, 1.807) is 0 Å². The summed E-state index contributed by atoms with van der Waals surface area (Å²) >= 11 is 3.47. The highest BCUT2D eigenvalue weighted by molar-refractivity contribution is 9.10. The molecule has 0 aliphatic carbocycles. The van der Waals surface area contributed by atoms with Crippen LogP contribution in [-0.2, 0) is 11.2 Å². The van der Waals surface area contributed by atoms with E-state index in [1.807, 2.05) is 33.0 Å². The lowest BCUT2D eigenvalue weighted by atomic mass is 9.72. The number of anilines is 1. The Morgan fingerprint density at radius 2 is 2.28 bits per heavy atom. The summed E-state index contributed by atoms with van der Waals surface area (Å²) < 4.78 is 1.03. The molecule has 2 rings (SSSR count). The van der Waals surface area contributed by atoms with Crippen molar-refractivity contribution in [2.45, 2.75) is 32.7 Å². The lowest BCUT2D eigenvalue weighted by Gasteiger charge is -2.46. The van der Waals surface area contributed by atoms with Crippen LogP contribution in [0, 0.1) is 5.41 Å². The molecule has 4 heteroatoms. The molecular formula is C14H18BrNO2. The zero-order valence-corrected chi connectivity index (χ0v) is 12.5. The predicted molar refractivity (Wildman–Crippen MR) is 76.1 cm³/mol. The first-order chi connectivity index (χ1) is 8.40. The Bertz CT molecular complexity index is 489. The van der Waals surface area contributed by atoms with Gasteiger partial charge in [-0.2, -0.15) is 0 Å². The maximum Gasteiger partial charge on any atom is 0.311 e. The van der Waals surface area contributed by atoms with Crippen LogP contribution in [-0.4, -0.2) is 24.2 Å². The molecule has 0 aromatic heterocycles. The number of carbonyl (C=O) groups is 1. The normalized spacial score (nSPS) is 26.9. The Morgan fingerprint density at radius 1 is 1.61 bits per heavy atom. The minimum absolute atomic E-state index is 0.0248. The number of halogens is 1. The lowest BCUT2D eigenvalue weighted by molar-refractivity contribution is -0.149. The number of carboxylic acid groups (broad SMARTS) is 1. The molecule has 0 saturated heterocycles. The van der Waals surface area contributed by atoms with Crippen LogP contribution in [0.5, 0.6) is 0 Å². The number of carboxylic acids is 1. The van der Waals surface area contributed by atoms with Gasteiger partial charge < -0.3 is 10.0 Å². The Balaban J connectivity index is 2.54. The molecule has 0 radical (unpaired) electrons. The monoisotopic (exact) mass is 311 g/mol. The molecule has 1 aromatic rings. The number of aliphatic carboxylic acids is 1. The Labute approximate surface area is 116 Å². The van der Waals surface area contributed by atoms with E-state index in [-0.39, 0.29) is 6.04 Å². The van der Waals surface area contributed by atoms with Crippen molar-refractivity contribution >= 4 is 27.6 Å². The molecule has 1 N–H and O–H groups in total. The third-order valence-corrected chi connectivity index (χ3v) is 4.56. The number of hydrogen-bond acceptors (Lipinski definition) is 2. The fraction of sp³-hybridized carbons (Fsp3) is 0.500. The van der Waals surface area contributed by atoms with Gasteiger partial charge in [0.1, 0.15) is 0 Å². The smallest absolute Gasteiger partial charge is 0.311 e. The van der Waals surface area contributed by atoms with Gasteiger partial charge in [-0.25, -0.2) is 0 Å². The highest BCUT2D eigenvalue weighted by Crippen LogP contribution is 2.42. The summed E-state index contributed by atoms with van der Waals surface area (Å²) in [6.45, 7) is 3.90. The minimum Gasteiger partial charge on any atom is -0.481 e. The van der Waals surface area contributed by atoms with Gasteiger partial charge >= 0.3 is 5.97 Å². The van der Waals surface area contributed by atoms with Crippen molar-refractivity contribution in [3.8, 4) is 0 Å². The average Bonchev–Trinajstić information content (AvgIpc) is 2.31. The summed E-state index contributed by atoms with van der Waals surface area (Å²) in [4.78, 5) is 13.7. The van der Waals surface area contributed by atoms with Crippen molar-refractivity contribution < 1.29 is 9.90 Å². The van der Waals surface area contributed by atoms with E-state index in [1.165, 1.54) is 0 Å². The Kier molecular flexibility index (Phi) is 3.41. The molecular weight excluding hydrogens is 294 g/mol. The molecule has 2 atom stereocenters. The van der Waals surface area contributed by atoms with Crippen LogP contribution in [0.4, 0.5) is 5.69 Å². The van der Waals surface area contributed by atoms with Gasteiger partial charge in [0.2, 0.25) is 0 Å². The van der Waals surface area contributed by atoms with Gasteiger partial charge in [-0.3, -0.25) is 4.79 Å². The van der Waals surface area contributed by atoms with Crippen LogP contribution in [0.2, 0.25) is 0 Å². The van der Waals surface area contributed by atoms with Gasteiger partial charge in [-0.05, 0) is 37.5 Å². The van der Waals surface area contributed by atoms with Crippen molar-refractivity contribution in [3.05, 3.63) is 28.2 Å². The van der Waals surface area contributed by atoms with E-state index >= 15 is 0 Å². The summed E-state index contributed by atoms with van der Waals surface area (Å²) in [5.74, 6) is -0.713. The molecule has 0 bridgehead atoms. The van der Waals surface area contributed by atoms with E-state index in [4.69, 9.17) is 0 Å². The largest absolute Gasteiger partial charge is 0.481 e. The third-order valence-electron chi connectivity index (χ3n) is 4.06. The van der Waals surface area contributed by atoms with Gasteiger partial charge in [0.15, 0.2) is 0 Å². The number of nitrogens with zero attached hydrogens (tertiary/aromatic N) is 1. The number of rotatable bonds is 2. The zero-order valence-electron chi connectivity index (χ0n) is 10.9. The SMILES string of the molecule is CCC1N(C)c2cc(Br)ccc2CC1(C)C(=O)O. The highest BCUT2D eigenvalue weighted by Gasteiger charge is 2.46. The van der Waals surface area contributed by atoms with Crippen molar-refractivity contribution in [2.75, 3.05) is 11.9 Å². The van der Waals surface area contributed by atoms with E-state index in [2.05, 4.69) is 26.9 Å². The molecule has 18 heavy (non-hydrogen) atoms. The maximum atomic E-state index is 11.6. The predicted octanol–water partition coefficient (Wildman–Crippen LogP) is 3.31. The molecule has 98 valence electrons. The number of hydrogen-bond donors (Lipinski definition) is 1. The molecule has 1 aromatic carbocycles. The van der Waals surface area contributed by atoms with Crippen LogP contribution in [0.1, 0.15) is 25.8 Å². The standard InChI is InChI=1S/C14H18BrNO2/c1-4-12-14(2,13(17)18)8-9-5-6-10(15)7-11(9)16(12)3/h5-7,12H,4,8H2,1-3H3,(H,17,18). The molecule has 0 amide bonds. The van der Waals surface area contributed by atoms with Crippen molar-refractivity contribution in [1.82, 2.24) is 0 Å². The first-order valence-electron chi connectivity index (χ1n) is 6.14. The molecule has 1 heterocycles. The van der Waals surface area contributed by atoms with Crippen LogP contribution < -0.4 is 4.90 Å². The van der Waals surface area contributed by atoms with E-state index in [0.29, 0.717) is 6.42 Å². The van der Waals surface area contributed by atoms with Crippen LogP contribution in [0.25, 0.3) is 0 Å². The first-order valence-corrected chi connectivity index (χ1v) is 6.94. The van der Waals surface area contributed by atoms with E-state index < -0.39 is 11.4 Å². The van der Waals surface area contributed by atoms with Crippen molar-refractivity contribution in [1.29, 1.82) is 0 Å². The van der Waals surface area contributed by atoms with E-state index in [9.17, 15) is 9.90 Å². The van der Waals surface area contributed by atoms with E-state index in [0.717, 1.165) is 22.1 Å². The summed E-state index contributed by atoms with van der Waals surface area (Å²) in [7, 11) is 1.99. The molecule has 1 aliphatic rings. The third kappa shape index (κ3) is 1.92. The quantitative estimate of drug-likeness (QED) is 0.911. The van der Waals surface area contributed by atoms with Crippen LogP contribution in [0.3, 0.4) is 0 Å². The minimum atomic E-state index is -0.718. The summed E-state index contributed by atoms with van der Waals surface area (Å²) in [5, 5.41) is 9.56. The van der Waals surface area contributed by atoms with Crippen LogP contribution >= 0.6 is 15.9 Å². The lowest BCUT2D eigenvalue weighted by Crippen LogP contribution is -2.53. The fourth-order valence-electron chi connectivity index (χ4n) is 3.07. The first kappa shape index (κ1) is 13.4. The van der Waals surface area contributed by atoms with Gasteiger partial charge in [0.05, 0.1) is 5.41 Å². The van der Waals surface area contributed by atoms with Gasteiger partial charge in [-0.15, -0.1) is 0 Å². The molecule has 0 fully saturated rings. The van der Waals surface area contributed by atoms with Gasteiger partial charge in [-0.1, -0.05) is 28.9 Å². The second kappa shape index (κ2) is 4.57. The summed E-state index contributed by atoms with van der Waals surface area (Å²) in [6, 6.07) is 6.08. The Hall–Kier alpha value is -1.03. The highest BCUT2D eigenvalue weighted by atomic mass is 79.9. The second-order valence-electron chi connectivity index (χ2n) is 5.21. The van der Waals surface area contributed by atoms with Crippen LogP contribution in [0.15, 0.2) is 22.7 Å². The maximum absolute atomic E-state index is 11.6. The molecule has 3 nitrogen and oxygen atoms in total. The second-order valence-corrected chi connectivity index (χ2v) is 6.12. The summed E-state index contributed by atoms with van der Waals surface area (Å²) in [5.41, 5.74) is 1.52. The molecule has 2 unspecified atom stereocenters. The fourth-order valence-corrected chi connectivity index (χ4v) is 3.42. The Morgan fingerprint density at radius 3 is 2.83 bits per heavy atom. The zero-order chi connectivity index (χ0) is 13.5. The number of benzene rings is 1. The van der Waals surface area contributed by atoms with Gasteiger partial charge in [0, 0.05) is 23.2 Å². The topological polar surface area (TPSA) is 40.5 Å². The molecule has 0 saturated carbocycles. The summed E-state index contributed by atoms with van der Waals surface area (Å²) in [6.07, 6.45) is 1.42. The average molecular weight is 312 g/mol.